The Bertz CT molecular complexity index is 625. The molecule has 0 saturated heterocycles. The second kappa shape index (κ2) is 4.89. The normalized spacial score (nSPS) is 10.4. The number of pyridine rings is 1. The summed E-state index contributed by atoms with van der Waals surface area (Å²) in [6.07, 6.45) is 10.1. The van der Waals surface area contributed by atoms with Gasteiger partial charge in [-0.3, -0.25) is 24.9 Å². The van der Waals surface area contributed by atoms with Gasteiger partial charge in [-0.25, -0.2) is 0 Å². The second-order valence-corrected chi connectivity index (χ2v) is 4.06. The Morgan fingerprint density at radius 2 is 1.42 bits per heavy atom. The molecule has 19 heavy (non-hydrogen) atoms. The van der Waals surface area contributed by atoms with Crippen LogP contribution in [0.2, 0.25) is 0 Å². The number of aromatic nitrogens is 5. The van der Waals surface area contributed by atoms with Gasteiger partial charge < -0.3 is 0 Å². The van der Waals surface area contributed by atoms with Crippen LogP contribution in [-0.4, -0.2) is 24.9 Å². The molecule has 3 aromatic rings. The Balaban J connectivity index is 2.12. The maximum Gasteiger partial charge on any atom is 0.107 e. The van der Waals surface area contributed by atoms with Gasteiger partial charge >= 0.3 is 0 Å². The number of nitrogens with zero attached hydrogens (tertiary/aromatic N) is 5. The molecule has 3 heterocycles. The van der Waals surface area contributed by atoms with E-state index in [1.165, 1.54) is 0 Å². The van der Waals surface area contributed by atoms with Crippen LogP contribution in [0.15, 0.2) is 49.3 Å². The zero-order valence-electron chi connectivity index (χ0n) is 10.4. The van der Waals surface area contributed by atoms with Crippen molar-refractivity contribution < 1.29 is 0 Å². The van der Waals surface area contributed by atoms with Crippen molar-refractivity contribution in [3.63, 3.8) is 0 Å². The monoisotopic (exact) mass is 249 g/mol. The van der Waals surface area contributed by atoms with Crippen LogP contribution in [0.5, 0.6) is 0 Å². The predicted octanol–water partition coefficient (Wildman–Crippen LogP) is 2.30. The molecule has 0 saturated carbocycles. The molecule has 0 N–H and O–H groups in total. The standard InChI is InChI=1S/C14H11N5/c1-10-6-11(13-8-15-2-4-17-13)7-12(19-10)14-9-16-3-5-18-14/h2-9H,1H3. The summed E-state index contributed by atoms with van der Waals surface area (Å²) in [5.41, 5.74) is 4.23. The van der Waals surface area contributed by atoms with E-state index in [9.17, 15) is 0 Å². The van der Waals surface area contributed by atoms with Crippen LogP contribution in [0.25, 0.3) is 22.6 Å². The largest absolute Gasteiger partial charge is 0.261 e. The van der Waals surface area contributed by atoms with Crippen LogP contribution >= 0.6 is 0 Å². The van der Waals surface area contributed by atoms with E-state index in [0.29, 0.717) is 0 Å². The molecule has 0 radical (unpaired) electrons. The Labute approximate surface area is 110 Å². The number of hydrogen-bond donors (Lipinski definition) is 0. The third-order valence-electron chi connectivity index (χ3n) is 2.64. The van der Waals surface area contributed by atoms with E-state index in [1.807, 2.05) is 19.1 Å². The van der Waals surface area contributed by atoms with Crippen molar-refractivity contribution in [2.24, 2.45) is 0 Å². The highest BCUT2D eigenvalue weighted by Crippen LogP contribution is 2.22. The van der Waals surface area contributed by atoms with Crippen molar-refractivity contribution in [3.05, 3.63) is 55.0 Å². The second-order valence-electron chi connectivity index (χ2n) is 4.06. The quantitative estimate of drug-likeness (QED) is 0.697. The van der Waals surface area contributed by atoms with Crippen LogP contribution in [0.1, 0.15) is 5.69 Å². The highest BCUT2D eigenvalue weighted by molar-refractivity contribution is 5.66. The van der Waals surface area contributed by atoms with Gasteiger partial charge in [-0.05, 0) is 19.1 Å². The van der Waals surface area contributed by atoms with Crippen molar-refractivity contribution in [3.8, 4) is 22.6 Å². The van der Waals surface area contributed by atoms with Crippen molar-refractivity contribution in [2.75, 3.05) is 0 Å². The van der Waals surface area contributed by atoms with E-state index < -0.39 is 0 Å². The molecule has 5 heteroatoms. The summed E-state index contributed by atoms with van der Waals surface area (Å²) in [6.45, 7) is 1.94. The van der Waals surface area contributed by atoms with Crippen molar-refractivity contribution >= 4 is 0 Å². The summed E-state index contributed by atoms with van der Waals surface area (Å²) in [5, 5.41) is 0. The number of hydrogen-bond acceptors (Lipinski definition) is 5. The average molecular weight is 249 g/mol. The zero-order chi connectivity index (χ0) is 13.1. The Morgan fingerprint density at radius 3 is 2.05 bits per heavy atom. The van der Waals surface area contributed by atoms with E-state index in [0.717, 1.165) is 28.3 Å². The van der Waals surface area contributed by atoms with Crippen molar-refractivity contribution in [1.29, 1.82) is 0 Å². The molecule has 3 rings (SSSR count). The SMILES string of the molecule is Cc1cc(-c2cnccn2)cc(-c2cnccn2)n1. The third kappa shape index (κ3) is 2.44. The fourth-order valence-corrected chi connectivity index (χ4v) is 1.83. The molecule has 0 fully saturated rings. The minimum atomic E-state index is 0.747. The van der Waals surface area contributed by atoms with Crippen LogP contribution in [-0.2, 0) is 0 Å². The van der Waals surface area contributed by atoms with E-state index in [2.05, 4.69) is 24.9 Å². The first-order valence-corrected chi connectivity index (χ1v) is 5.84. The smallest absolute Gasteiger partial charge is 0.107 e. The maximum atomic E-state index is 4.48. The van der Waals surface area contributed by atoms with Crippen LogP contribution in [0.3, 0.4) is 0 Å². The van der Waals surface area contributed by atoms with Crippen LogP contribution < -0.4 is 0 Å². The fourth-order valence-electron chi connectivity index (χ4n) is 1.83. The lowest BCUT2D eigenvalue weighted by atomic mass is 10.1. The van der Waals surface area contributed by atoms with Gasteiger partial charge in [0.05, 0.1) is 23.8 Å². The minimum Gasteiger partial charge on any atom is -0.261 e. The van der Waals surface area contributed by atoms with E-state index in [-0.39, 0.29) is 0 Å². The van der Waals surface area contributed by atoms with E-state index in [4.69, 9.17) is 0 Å². The summed E-state index contributed by atoms with van der Waals surface area (Å²) in [4.78, 5) is 21.2. The fraction of sp³-hybridized carbons (Fsp3) is 0.0714. The van der Waals surface area contributed by atoms with Crippen LogP contribution in [0, 0.1) is 6.92 Å². The molecule has 0 amide bonds. The molecule has 0 bridgehead atoms. The first-order valence-electron chi connectivity index (χ1n) is 5.84. The molecule has 0 aliphatic carbocycles. The summed E-state index contributed by atoms with van der Waals surface area (Å²) in [7, 11) is 0. The number of rotatable bonds is 2. The summed E-state index contributed by atoms with van der Waals surface area (Å²) in [6, 6.07) is 3.92. The number of aryl methyl sites for hydroxylation is 1. The lowest BCUT2D eigenvalue weighted by Gasteiger charge is -2.05. The Kier molecular flexibility index (Phi) is 2.94. The molecule has 0 atom stereocenters. The average Bonchev–Trinajstić information content (AvgIpc) is 2.48. The van der Waals surface area contributed by atoms with Gasteiger partial charge in [-0.2, -0.15) is 0 Å². The summed E-state index contributed by atoms with van der Waals surface area (Å²) < 4.78 is 0. The van der Waals surface area contributed by atoms with E-state index in [1.54, 1.807) is 37.2 Å². The molecule has 0 aliphatic rings. The lowest BCUT2D eigenvalue weighted by Crippen LogP contribution is -1.93. The molecular weight excluding hydrogens is 238 g/mol. The first kappa shape index (κ1) is 11.4. The molecule has 3 aromatic heterocycles. The first-order chi connectivity index (χ1) is 9.33. The third-order valence-corrected chi connectivity index (χ3v) is 2.64. The predicted molar refractivity (Wildman–Crippen MR) is 71.0 cm³/mol. The minimum absolute atomic E-state index is 0.747. The molecule has 0 spiro atoms. The topological polar surface area (TPSA) is 64.5 Å². The molecule has 0 aromatic carbocycles. The van der Waals surface area contributed by atoms with Gasteiger partial charge in [0, 0.05) is 36.0 Å². The summed E-state index contributed by atoms with van der Waals surface area (Å²) >= 11 is 0. The molecular formula is C14H11N5. The summed E-state index contributed by atoms with van der Waals surface area (Å²) in [5.74, 6) is 0. The highest BCUT2D eigenvalue weighted by Gasteiger charge is 2.06. The zero-order valence-corrected chi connectivity index (χ0v) is 10.4. The van der Waals surface area contributed by atoms with Gasteiger partial charge in [-0.1, -0.05) is 0 Å². The maximum absolute atomic E-state index is 4.48. The van der Waals surface area contributed by atoms with Gasteiger partial charge in [0.15, 0.2) is 0 Å². The van der Waals surface area contributed by atoms with Gasteiger partial charge in [0.1, 0.15) is 5.69 Å². The molecule has 5 nitrogen and oxygen atoms in total. The van der Waals surface area contributed by atoms with E-state index >= 15 is 0 Å². The van der Waals surface area contributed by atoms with Gasteiger partial charge in [-0.15, -0.1) is 0 Å². The van der Waals surface area contributed by atoms with Crippen molar-refractivity contribution in [1.82, 2.24) is 24.9 Å². The Hall–Kier alpha value is -2.69. The van der Waals surface area contributed by atoms with Crippen molar-refractivity contribution in [2.45, 2.75) is 6.92 Å². The molecule has 92 valence electrons. The lowest BCUT2D eigenvalue weighted by molar-refractivity contribution is 1.14. The van der Waals surface area contributed by atoms with Gasteiger partial charge in [0.25, 0.3) is 0 Å². The Morgan fingerprint density at radius 1 is 0.737 bits per heavy atom. The molecule has 0 unspecified atom stereocenters. The molecule has 0 aliphatic heterocycles. The highest BCUT2D eigenvalue weighted by atomic mass is 14.8. The van der Waals surface area contributed by atoms with Gasteiger partial charge in [0.2, 0.25) is 0 Å². The van der Waals surface area contributed by atoms with Crippen LogP contribution in [0.4, 0.5) is 0 Å².